The van der Waals surface area contributed by atoms with Crippen molar-refractivity contribution in [2.75, 3.05) is 6.54 Å². The van der Waals surface area contributed by atoms with Gasteiger partial charge in [-0.25, -0.2) is 0 Å². The zero-order chi connectivity index (χ0) is 17.3. The lowest BCUT2D eigenvalue weighted by atomic mass is 10.1. The molecular weight excluding hydrogens is 318 g/mol. The topological polar surface area (TPSA) is 38.1 Å². The van der Waals surface area contributed by atoms with Gasteiger partial charge in [-0.15, -0.1) is 11.3 Å². The van der Waals surface area contributed by atoms with Crippen LogP contribution in [0.1, 0.15) is 54.6 Å². The molecule has 4 nitrogen and oxygen atoms in total. The standard InChI is InChI=1S/C19H27N3OS/c1-13(2)12-22-15(4)16(14(3)20-22)11-19(23)21-9-5-7-17(21)18-8-6-10-24-18/h6,8,10,13,17H,5,7,9,11-12H2,1-4H3/t17-/m0/s1. The van der Waals surface area contributed by atoms with Crippen LogP contribution in [0, 0.1) is 19.8 Å². The molecule has 0 spiro atoms. The van der Waals surface area contributed by atoms with Crippen LogP contribution >= 0.6 is 11.3 Å². The predicted octanol–water partition coefficient (Wildman–Crippen LogP) is 4.12. The third-order valence-corrected chi connectivity index (χ3v) is 5.82. The molecule has 0 aromatic carbocycles. The molecule has 0 unspecified atom stereocenters. The zero-order valence-corrected chi connectivity index (χ0v) is 15.9. The Morgan fingerprint density at radius 2 is 2.21 bits per heavy atom. The van der Waals surface area contributed by atoms with E-state index in [0.717, 1.165) is 42.9 Å². The Labute approximate surface area is 148 Å². The Morgan fingerprint density at radius 3 is 2.88 bits per heavy atom. The number of thiophene rings is 1. The first-order valence-corrected chi connectivity index (χ1v) is 9.71. The predicted molar refractivity (Wildman–Crippen MR) is 98.3 cm³/mol. The van der Waals surface area contributed by atoms with Gasteiger partial charge in [0.05, 0.1) is 18.2 Å². The van der Waals surface area contributed by atoms with E-state index in [4.69, 9.17) is 0 Å². The number of aromatic nitrogens is 2. The second-order valence-electron chi connectivity index (χ2n) is 7.16. The van der Waals surface area contributed by atoms with Gasteiger partial charge in [0.15, 0.2) is 0 Å². The van der Waals surface area contributed by atoms with Crippen molar-refractivity contribution in [2.24, 2.45) is 5.92 Å². The maximum Gasteiger partial charge on any atom is 0.227 e. The number of likely N-dealkylation sites (tertiary alicyclic amines) is 1. The summed E-state index contributed by atoms with van der Waals surface area (Å²) in [6, 6.07) is 4.49. The van der Waals surface area contributed by atoms with E-state index in [1.807, 2.05) is 6.92 Å². The van der Waals surface area contributed by atoms with Crippen molar-refractivity contribution < 1.29 is 4.79 Å². The first-order chi connectivity index (χ1) is 11.5. The molecule has 1 aliphatic heterocycles. The number of aryl methyl sites for hydroxylation is 1. The Morgan fingerprint density at radius 1 is 1.42 bits per heavy atom. The molecule has 130 valence electrons. The number of amides is 1. The molecule has 1 aliphatic rings. The zero-order valence-electron chi connectivity index (χ0n) is 15.1. The Kier molecular flexibility index (Phi) is 5.09. The van der Waals surface area contributed by atoms with Gasteiger partial charge in [-0.1, -0.05) is 19.9 Å². The van der Waals surface area contributed by atoms with Crippen LogP contribution in [-0.2, 0) is 17.8 Å². The second-order valence-corrected chi connectivity index (χ2v) is 8.14. The van der Waals surface area contributed by atoms with Crippen molar-refractivity contribution in [3.63, 3.8) is 0 Å². The summed E-state index contributed by atoms with van der Waals surface area (Å²) in [5.74, 6) is 0.787. The van der Waals surface area contributed by atoms with E-state index >= 15 is 0 Å². The quantitative estimate of drug-likeness (QED) is 0.817. The lowest BCUT2D eigenvalue weighted by molar-refractivity contribution is -0.131. The van der Waals surface area contributed by atoms with Gasteiger partial charge in [-0.2, -0.15) is 5.10 Å². The van der Waals surface area contributed by atoms with Crippen LogP contribution in [0.3, 0.4) is 0 Å². The number of carbonyl (C=O) groups is 1. The number of carbonyl (C=O) groups excluding carboxylic acids is 1. The lowest BCUT2D eigenvalue weighted by Crippen LogP contribution is -2.31. The minimum atomic E-state index is 0.237. The third-order valence-electron chi connectivity index (χ3n) is 4.84. The Hall–Kier alpha value is -1.62. The molecule has 1 amide bonds. The highest BCUT2D eigenvalue weighted by atomic mass is 32.1. The molecule has 1 fully saturated rings. The summed E-state index contributed by atoms with van der Waals surface area (Å²) in [6.45, 7) is 10.3. The van der Waals surface area contributed by atoms with Gasteiger partial charge in [-0.3, -0.25) is 9.48 Å². The van der Waals surface area contributed by atoms with Gasteiger partial charge in [0.1, 0.15) is 0 Å². The van der Waals surface area contributed by atoms with Gasteiger partial charge in [-0.05, 0) is 44.1 Å². The van der Waals surface area contributed by atoms with Gasteiger partial charge in [0.25, 0.3) is 0 Å². The molecule has 3 rings (SSSR count). The van der Waals surface area contributed by atoms with Crippen LogP contribution in [0.15, 0.2) is 17.5 Å². The van der Waals surface area contributed by atoms with E-state index in [1.165, 1.54) is 4.88 Å². The molecule has 1 atom stereocenters. The van der Waals surface area contributed by atoms with Crippen LogP contribution in [0.5, 0.6) is 0 Å². The van der Waals surface area contributed by atoms with E-state index in [0.29, 0.717) is 12.3 Å². The summed E-state index contributed by atoms with van der Waals surface area (Å²) in [6.07, 6.45) is 2.65. The van der Waals surface area contributed by atoms with Crippen molar-refractivity contribution in [3.8, 4) is 0 Å². The van der Waals surface area contributed by atoms with Gasteiger partial charge in [0.2, 0.25) is 5.91 Å². The minimum Gasteiger partial charge on any atom is -0.335 e. The van der Waals surface area contributed by atoms with E-state index < -0.39 is 0 Å². The summed E-state index contributed by atoms with van der Waals surface area (Å²) in [4.78, 5) is 16.3. The fourth-order valence-corrected chi connectivity index (χ4v) is 4.48. The van der Waals surface area contributed by atoms with Crippen molar-refractivity contribution in [2.45, 2.75) is 59.5 Å². The SMILES string of the molecule is Cc1nn(CC(C)C)c(C)c1CC(=O)N1CCC[C@H]1c1cccs1. The lowest BCUT2D eigenvalue weighted by Gasteiger charge is -2.24. The number of nitrogens with zero attached hydrogens (tertiary/aromatic N) is 3. The van der Waals surface area contributed by atoms with E-state index in [1.54, 1.807) is 11.3 Å². The highest BCUT2D eigenvalue weighted by Crippen LogP contribution is 2.35. The second kappa shape index (κ2) is 7.09. The summed E-state index contributed by atoms with van der Waals surface area (Å²) in [5.41, 5.74) is 3.24. The molecule has 5 heteroatoms. The maximum atomic E-state index is 12.9. The largest absolute Gasteiger partial charge is 0.335 e. The summed E-state index contributed by atoms with van der Waals surface area (Å²) in [7, 11) is 0. The van der Waals surface area contributed by atoms with Crippen LogP contribution in [0.4, 0.5) is 0 Å². The molecule has 2 aromatic rings. The van der Waals surface area contributed by atoms with Crippen molar-refractivity contribution in [3.05, 3.63) is 39.3 Å². The fourth-order valence-electron chi connectivity index (χ4n) is 3.61. The normalized spacial score (nSPS) is 17.9. The smallest absolute Gasteiger partial charge is 0.227 e. The number of rotatable bonds is 5. The molecule has 1 saturated heterocycles. The van der Waals surface area contributed by atoms with Crippen LogP contribution < -0.4 is 0 Å². The van der Waals surface area contributed by atoms with Crippen LogP contribution in [-0.4, -0.2) is 27.1 Å². The maximum absolute atomic E-state index is 12.9. The fraction of sp³-hybridized carbons (Fsp3) is 0.579. The van der Waals surface area contributed by atoms with E-state index in [-0.39, 0.29) is 11.9 Å². The Bertz CT molecular complexity index is 703. The Balaban J connectivity index is 1.76. The van der Waals surface area contributed by atoms with Gasteiger partial charge >= 0.3 is 0 Å². The first kappa shape index (κ1) is 17.2. The average Bonchev–Trinajstić information content (AvgIpc) is 3.23. The van der Waals surface area contributed by atoms with Gasteiger partial charge < -0.3 is 4.90 Å². The third kappa shape index (κ3) is 3.41. The summed E-state index contributed by atoms with van der Waals surface area (Å²) in [5, 5.41) is 6.74. The van der Waals surface area contributed by atoms with Crippen molar-refractivity contribution in [1.29, 1.82) is 0 Å². The van der Waals surface area contributed by atoms with Gasteiger partial charge in [0, 0.05) is 29.2 Å². The van der Waals surface area contributed by atoms with E-state index in [9.17, 15) is 4.79 Å². The molecule has 3 heterocycles. The number of hydrogen-bond acceptors (Lipinski definition) is 3. The van der Waals surface area contributed by atoms with Crippen molar-refractivity contribution >= 4 is 17.2 Å². The highest BCUT2D eigenvalue weighted by molar-refractivity contribution is 7.10. The molecule has 2 aromatic heterocycles. The molecule has 0 radical (unpaired) electrons. The monoisotopic (exact) mass is 345 g/mol. The summed E-state index contributed by atoms with van der Waals surface area (Å²) >= 11 is 1.75. The average molecular weight is 346 g/mol. The first-order valence-electron chi connectivity index (χ1n) is 8.83. The molecule has 0 N–H and O–H groups in total. The van der Waals surface area contributed by atoms with Crippen LogP contribution in [0.25, 0.3) is 0 Å². The van der Waals surface area contributed by atoms with Crippen LogP contribution in [0.2, 0.25) is 0 Å². The van der Waals surface area contributed by atoms with E-state index in [2.05, 4.69) is 53.0 Å². The van der Waals surface area contributed by atoms with Crippen molar-refractivity contribution in [1.82, 2.24) is 14.7 Å². The molecular formula is C19H27N3OS. The molecule has 24 heavy (non-hydrogen) atoms. The number of hydrogen-bond donors (Lipinski definition) is 0. The minimum absolute atomic E-state index is 0.237. The molecule has 0 saturated carbocycles. The highest BCUT2D eigenvalue weighted by Gasteiger charge is 2.31. The molecule has 0 aliphatic carbocycles. The summed E-state index contributed by atoms with van der Waals surface area (Å²) < 4.78 is 2.06. The molecule has 0 bridgehead atoms.